The zero-order valence-corrected chi connectivity index (χ0v) is 24.6. The summed E-state index contributed by atoms with van der Waals surface area (Å²) in [6.45, 7) is 4.50. The van der Waals surface area contributed by atoms with Crippen LogP contribution in [-0.4, -0.2) is 41.1 Å². The molecule has 0 saturated heterocycles. The second-order valence-corrected chi connectivity index (χ2v) is 10.4. The number of aliphatic imine (C=N–C) groups is 2. The first-order chi connectivity index (χ1) is 21.6. The third kappa shape index (κ3) is 4.59. The van der Waals surface area contributed by atoms with Gasteiger partial charge in [0.2, 0.25) is 0 Å². The summed E-state index contributed by atoms with van der Waals surface area (Å²) in [6, 6.07) is 33.0. The van der Waals surface area contributed by atoms with Crippen molar-refractivity contribution in [2.75, 3.05) is 23.9 Å². The zero-order valence-electron chi connectivity index (χ0n) is 24.6. The molecule has 0 fully saturated rings. The number of aryl methyl sites for hydroxylation is 1. The van der Waals surface area contributed by atoms with Gasteiger partial charge in [-0.1, -0.05) is 54.6 Å². The first kappa shape index (κ1) is 27.2. The molecule has 1 N–H and O–H groups in total. The van der Waals surface area contributed by atoms with Crippen LogP contribution in [0, 0.1) is 6.92 Å². The van der Waals surface area contributed by atoms with Crippen molar-refractivity contribution in [1.29, 1.82) is 0 Å². The van der Waals surface area contributed by atoms with Gasteiger partial charge in [-0.2, -0.15) is 5.10 Å². The number of carbonyl (C=O) groups is 1. The Morgan fingerprint density at radius 2 is 1.61 bits per heavy atom. The molecule has 3 heterocycles. The van der Waals surface area contributed by atoms with E-state index in [1.807, 2.05) is 103 Å². The molecule has 0 radical (unpaired) electrons. The van der Waals surface area contributed by atoms with Gasteiger partial charge in [-0.25, -0.2) is 19.5 Å². The molecule has 7 rings (SSSR count). The maximum absolute atomic E-state index is 12.3. The van der Waals surface area contributed by atoms with E-state index in [2.05, 4.69) is 16.3 Å². The van der Waals surface area contributed by atoms with E-state index in [1.54, 1.807) is 12.1 Å². The van der Waals surface area contributed by atoms with E-state index < -0.39 is 0 Å². The van der Waals surface area contributed by atoms with E-state index in [4.69, 9.17) is 24.6 Å². The second-order valence-electron chi connectivity index (χ2n) is 10.4. The Bertz CT molecular complexity index is 1930. The lowest BCUT2D eigenvalue weighted by Gasteiger charge is -2.40. The van der Waals surface area contributed by atoms with Crippen molar-refractivity contribution in [3.8, 4) is 11.4 Å². The minimum Gasteiger partial charge on any atom is -0.492 e. The number of anilines is 2. The van der Waals surface area contributed by atoms with E-state index >= 15 is 0 Å². The molecule has 0 unspecified atom stereocenters. The van der Waals surface area contributed by atoms with Crippen LogP contribution in [-0.2, 0) is 4.74 Å². The highest BCUT2D eigenvalue weighted by atomic mass is 16.5. The first-order valence-electron chi connectivity index (χ1n) is 14.5. The van der Waals surface area contributed by atoms with Crippen LogP contribution in [0.25, 0.3) is 5.69 Å². The molecule has 9 heteroatoms. The van der Waals surface area contributed by atoms with E-state index in [-0.39, 0.29) is 12.0 Å². The molecule has 2 aliphatic rings. The van der Waals surface area contributed by atoms with E-state index in [1.165, 1.54) is 7.11 Å². The van der Waals surface area contributed by atoms with Gasteiger partial charge in [0.05, 0.1) is 53.8 Å². The normalized spacial score (nSPS) is 14.9. The fourth-order valence-corrected chi connectivity index (χ4v) is 5.76. The predicted molar refractivity (Wildman–Crippen MR) is 172 cm³/mol. The fraction of sp³-hybridized carbons (Fsp3) is 0.143. The van der Waals surface area contributed by atoms with Crippen molar-refractivity contribution in [3.05, 3.63) is 126 Å². The van der Waals surface area contributed by atoms with Gasteiger partial charge in [-0.15, -0.1) is 0 Å². The number of nitrogens with one attached hydrogen (secondary N) is 1. The van der Waals surface area contributed by atoms with Crippen molar-refractivity contribution < 1.29 is 14.3 Å². The average molecular weight is 583 g/mol. The topological polar surface area (TPSA) is 93.3 Å². The minimum atomic E-state index is -0.383. The molecule has 2 aliphatic heterocycles. The third-order valence-electron chi connectivity index (χ3n) is 7.73. The van der Waals surface area contributed by atoms with Crippen LogP contribution < -0.4 is 15.0 Å². The molecular weight excluding hydrogens is 552 g/mol. The highest BCUT2D eigenvalue weighted by Crippen LogP contribution is 2.48. The Labute approximate surface area is 255 Å². The molecule has 1 aromatic heterocycles. The van der Waals surface area contributed by atoms with Crippen LogP contribution >= 0.6 is 0 Å². The third-order valence-corrected chi connectivity index (χ3v) is 7.73. The number of amidine groups is 2. The lowest BCUT2D eigenvalue weighted by molar-refractivity contribution is 0.0600. The van der Waals surface area contributed by atoms with E-state index in [0.29, 0.717) is 29.7 Å². The summed E-state index contributed by atoms with van der Waals surface area (Å²) in [5.41, 5.74) is 6.66. The van der Waals surface area contributed by atoms with Gasteiger partial charge in [0, 0.05) is 5.56 Å². The Kier molecular flexibility index (Phi) is 6.90. The van der Waals surface area contributed by atoms with Crippen LogP contribution in [0.5, 0.6) is 5.75 Å². The Balaban J connectivity index is 1.46. The van der Waals surface area contributed by atoms with Gasteiger partial charge in [-0.3, -0.25) is 0 Å². The molecule has 44 heavy (non-hydrogen) atoms. The van der Waals surface area contributed by atoms with Crippen LogP contribution in [0.15, 0.2) is 113 Å². The number of hydrogen-bond acceptors (Lipinski definition) is 8. The summed E-state index contributed by atoms with van der Waals surface area (Å²) in [5.74, 6) is 2.28. The van der Waals surface area contributed by atoms with E-state index in [9.17, 15) is 4.79 Å². The van der Waals surface area contributed by atoms with Gasteiger partial charge in [0.15, 0.2) is 17.5 Å². The van der Waals surface area contributed by atoms with Crippen molar-refractivity contribution in [3.63, 3.8) is 0 Å². The van der Waals surface area contributed by atoms with Crippen LogP contribution in [0.3, 0.4) is 0 Å². The largest absolute Gasteiger partial charge is 0.492 e. The molecule has 0 amide bonds. The number of ether oxygens (including phenoxy) is 2. The summed E-state index contributed by atoms with van der Waals surface area (Å²) in [7, 11) is 1.38. The van der Waals surface area contributed by atoms with Gasteiger partial charge in [0.25, 0.3) is 0 Å². The standard InChI is InChI=1S/C35H30N6O3/c1-4-44-29-17-11-9-15-27(29)37-32-34-38-33-30(22(2)39-41(33)25-12-6-5-7-13-25)31(23-18-20-24(21-19-23)35(42)43-3)40(34)28-16-10-8-14-26(28)36-32/h5-21,31H,4H2,1-3H3,(H,36,37)/t31-/m0/s1. The summed E-state index contributed by atoms with van der Waals surface area (Å²) >= 11 is 0. The number of fused-ring (bicyclic) bond motifs is 4. The maximum Gasteiger partial charge on any atom is 0.337 e. The van der Waals surface area contributed by atoms with Crippen LogP contribution in [0.1, 0.15) is 40.1 Å². The zero-order chi connectivity index (χ0) is 30.2. The second kappa shape index (κ2) is 11.2. The summed E-state index contributed by atoms with van der Waals surface area (Å²) in [6.07, 6.45) is 0. The molecule has 1 atom stereocenters. The fourth-order valence-electron chi connectivity index (χ4n) is 5.76. The smallest absolute Gasteiger partial charge is 0.337 e. The van der Waals surface area contributed by atoms with Gasteiger partial charge in [0.1, 0.15) is 5.75 Å². The summed E-state index contributed by atoms with van der Waals surface area (Å²) in [5, 5.41) is 8.52. The Morgan fingerprint density at radius 3 is 2.39 bits per heavy atom. The maximum atomic E-state index is 12.3. The molecule has 5 aromatic rings. The highest BCUT2D eigenvalue weighted by Gasteiger charge is 2.41. The number of carbonyl (C=O) groups excluding carboxylic acids is 1. The number of benzene rings is 4. The van der Waals surface area contributed by atoms with Crippen molar-refractivity contribution in [1.82, 2.24) is 9.78 Å². The highest BCUT2D eigenvalue weighted by molar-refractivity contribution is 6.51. The summed E-state index contributed by atoms with van der Waals surface area (Å²) in [4.78, 5) is 24.9. The molecule has 218 valence electrons. The number of methoxy groups -OCH3 is 1. The van der Waals surface area contributed by atoms with E-state index in [0.717, 1.165) is 45.3 Å². The average Bonchev–Trinajstić information content (AvgIpc) is 3.40. The number of esters is 1. The number of rotatable bonds is 6. The van der Waals surface area contributed by atoms with Crippen LogP contribution in [0.2, 0.25) is 0 Å². The molecule has 0 saturated carbocycles. The lowest BCUT2D eigenvalue weighted by Crippen LogP contribution is -2.46. The quantitative estimate of drug-likeness (QED) is 0.214. The van der Waals surface area contributed by atoms with Crippen molar-refractivity contribution in [2.45, 2.75) is 19.9 Å². The molecular formula is C35H30N6O3. The van der Waals surface area contributed by atoms with Crippen molar-refractivity contribution >= 4 is 40.5 Å². The number of nitrogens with zero attached hydrogens (tertiary/aromatic N) is 5. The summed E-state index contributed by atoms with van der Waals surface area (Å²) < 4.78 is 12.8. The Hall–Kier alpha value is -5.70. The number of hydrogen-bond donors (Lipinski definition) is 1. The molecule has 0 spiro atoms. The Morgan fingerprint density at radius 1 is 0.886 bits per heavy atom. The van der Waals surface area contributed by atoms with Crippen LogP contribution in [0.4, 0.5) is 22.9 Å². The molecule has 0 bridgehead atoms. The van der Waals surface area contributed by atoms with Crippen molar-refractivity contribution in [2.24, 2.45) is 9.98 Å². The van der Waals surface area contributed by atoms with Gasteiger partial charge >= 0.3 is 5.97 Å². The molecule has 9 nitrogen and oxygen atoms in total. The molecule has 0 aliphatic carbocycles. The lowest BCUT2D eigenvalue weighted by atomic mass is 9.92. The monoisotopic (exact) mass is 582 g/mol. The first-order valence-corrected chi connectivity index (χ1v) is 14.5. The number of para-hydroxylation sites is 5. The number of aromatic nitrogens is 2. The SMILES string of the molecule is CCOc1ccccc1NC1=Nc2ccccc2N2C1=Nc1c(c(C)nn1-c1ccccc1)[C@@H]2c1ccc(C(=O)OC)cc1. The van der Waals surface area contributed by atoms with Gasteiger partial charge < -0.3 is 19.7 Å². The van der Waals surface area contributed by atoms with Gasteiger partial charge in [-0.05, 0) is 67.9 Å². The minimum absolute atomic E-state index is 0.322. The predicted octanol–water partition coefficient (Wildman–Crippen LogP) is 7.16. The molecule has 4 aromatic carbocycles.